The summed E-state index contributed by atoms with van der Waals surface area (Å²) in [6.45, 7) is 0.909. The number of rotatable bonds is 5. The fourth-order valence-corrected chi connectivity index (χ4v) is 3.50. The topological polar surface area (TPSA) is 55.1 Å². The maximum Gasteiger partial charge on any atom is 0.221 e. The number of carbonyl (C=O) groups excluding carboxylic acids is 1. The summed E-state index contributed by atoms with van der Waals surface area (Å²) in [6.07, 6.45) is 10.4. The molecule has 0 aromatic rings. The van der Waals surface area contributed by atoms with Crippen LogP contribution in [-0.4, -0.2) is 18.0 Å². The lowest BCUT2D eigenvalue weighted by molar-refractivity contribution is -0.122. The lowest BCUT2D eigenvalue weighted by Crippen LogP contribution is -2.43. The Morgan fingerprint density at radius 2 is 1.82 bits per heavy atom. The molecule has 3 saturated carbocycles. The first-order chi connectivity index (χ1) is 8.12. The van der Waals surface area contributed by atoms with E-state index >= 15 is 0 Å². The van der Waals surface area contributed by atoms with Crippen LogP contribution in [0, 0.1) is 11.3 Å². The van der Waals surface area contributed by atoms with E-state index in [2.05, 4.69) is 5.32 Å². The van der Waals surface area contributed by atoms with Gasteiger partial charge in [0.25, 0.3) is 0 Å². The lowest BCUT2D eigenvalue weighted by Gasteiger charge is -2.23. The molecule has 96 valence electrons. The number of hydrogen-bond acceptors (Lipinski definition) is 2. The summed E-state index contributed by atoms with van der Waals surface area (Å²) in [5.41, 5.74) is 6.54. The van der Waals surface area contributed by atoms with E-state index < -0.39 is 0 Å². The molecule has 3 N–H and O–H groups in total. The van der Waals surface area contributed by atoms with Gasteiger partial charge in [-0.2, -0.15) is 0 Å². The van der Waals surface area contributed by atoms with Crippen LogP contribution in [-0.2, 0) is 4.79 Å². The second-order valence-electron chi connectivity index (χ2n) is 6.66. The van der Waals surface area contributed by atoms with Gasteiger partial charge in [-0.05, 0) is 49.9 Å². The van der Waals surface area contributed by atoms with Crippen molar-refractivity contribution in [3.05, 3.63) is 0 Å². The molecule has 17 heavy (non-hydrogen) atoms. The first kappa shape index (κ1) is 11.5. The Hall–Kier alpha value is -0.570. The van der Waals surface area contributed by atoms with Crippen molar-refractivity contribution in [2.75, 3.05) is 6.54 Å². The van der Waals surface area contributed by atoms with E-state index in [4.69, 9.17) is 5.73 Å². The highest BCUT2D eigenvalue weighted by Crippen LogP contribution is 2.60. The number of nitrogens with two attached hydrogens (primary N) is 1. The number of nitrogens with one attached hydrogen (secondary N) is 1. The van der Waals surface area contributed by atoms with Crippen molar-refractivity contribution >= 4 is 5.91 Å². The van der Waals surface area contributed by atoms with Crippen LogP contribution in [0.1, 0.15) is 57.8 Å². The SMILES string of the molecule is NC1(CC(=O)NCC2(C3CC3)CC2)CCCC1. The fourth-order valence-electron chi connectivity index (χ4n) is 3.50. The van der Waals surface area contributed by atoms with Crippen LogP contribution in [0.4, 0.5) is 0 Å². The molecular weight excluding hydrogens is 212 g/mol. The fraction of sp³-hybridized carbons (Fsp3) is 0.929. The normalized spacial score (nSPS) is 29.0. The zero-order valence-corrected chi connectivity index (χ0v) is 10.6. The number of hydrogen-bond donors (Lipinski definition) is 2. The molecule has 0 unspecified atom stereocenters. The summed E-state index contributed by atoms with van der Waals surface area (Å²) in [5, 5.41) is 3.14. The van der Waals surface area contributed by atoms with Gasteiger partial charge in [-0.25, -0.2) is 0 Å². The molecule has 0 aromatic heterocycles. The zero-order chi connectivity index (χ0) is 11.9. The first-order valence-corrected chi connectivity index (χ1v) is 7.18. The van der Waals surface area contributed by atoms with Crippen molar-refractivity contribution in [1.29, 1.82) is 0 Å². The summed E-state index contributed by atoms with van der Waals surface area (Å²) in [7, 11) is 0. The van der Waals surface area contributed by atoms with Gasteiger partial charge in [-0.1, -0.05) is 12.8 Å². The highest BCUT2D eigenvalue weighted by molar-refractivity contribution is 5.77. The summed E-state index contributed by atoms with van der Waals surface area (Å²) in [6, 6.07) is 0. The Morgan fingerprint density at radius 1 is 1.18 bits per heavy atom. The number of carbonyl (C=O) groups is 1. The molecule has 0 heterocycles. The third-order valence-corrected chi connectivity index (χ3v) is 5.09. The van der Waals surface area contributed by atoms with Crippen molar-refractivity contribution in [3.8, 4) is 0 Å². The lowest BCUT2D eigenvalue weighted by atomic mass is 9.94. The predicted molar refractivity (Wildman–Crippen MR) is 67.4 cm³/mol. The smallest absolute Gasteiger partial charge is 0.221 e. The predicted octanol–water partition coefficient (Wildman–Crippen LogP) is 1.95. The van der Waals surface area contributed by atoms with E-state index in [0.29, 0.717) is 11.8 Å². The van der Waals surface area contributed by atoms with E-state index in [1.165, 1.54) is 38.5 Å². The maximum atomic E-state index is 11.9. The van der Waals surface area contributed by atoms with Gasteiger partial charge in [0, 0.05) is 18.5 Å². The van der Waals surface area contributed by atoms with Crippen LogP contribution in [0.2, 0.25) is 0 Å². The molecule has 3 rings (SSSR count). The highest BCUT2D eigenvalue weighted by atomic mass is 16.1. The summed E-state index contributed by atoms with van der Waals surface area (Å²) in [5.74, 6) is 1.10. The summed E-state index contributed by atoms with van der Waals surface area (Å²) >= 11 is 0. The van der Waals surface area contributed by atoms with Crippen LogP contribution in [0.15, 0.2) is 0 Å². The largest absolute Gasteiger partial charge is 0.355 e. The van der Waals surface area contributed by atoms with Crippen molar-refractivity contribution in [1.82, 2.24) is 5.32 Å². The second-order valence-corrected chi connectivity index (χ2v) is 6.66. The minimum absolute atomic E-state index is 0.182. The van der Waals surface area contributed by atoms with E-state index in [1.54, 1.807) is 0 Å². The van der Waals surface area contributed by atoms with E-state index in [-0.39, 0.29) is 11.4 Å². The molecule has 1 amide bonds. The minimum atomic E-state index is -0.194. The van der Waals surface area contributed by atoms with Crippen LogP contribution in [0.25, 0.3) is 0 Å². The average molecular weight is 236 g/mol. The molecule has 0 bridgehead atoms. The third-order valence-electron chi connectivity index (χ3n) is 5.09. The molecule has 0 atom stereocenters. The molecule has 0 radical (unpaired) electrons. The minimum Gasteiger partial charge on any atom is -0.355 e. The molecule has 0 saturated heterocycles. The van der Waals surface area contributed by atoms with Crippen LogP contribution in [0.3, 0.4) is 0 Å². The molecular formula is C14H24N2O. The van der Waals surface area contributed by atoms with Gasteiger partial charge in [0.05, 0.1) is 0 Å². The van der Waals surface area contributed by atoms with Crippen molar-refractivity contribution in [2.24, 2.45) is 17.1 Å². The van der Waals surface area contributed by atoms with Gasteiger partial charge >= 0.3 is 0 Å². The van der Waals surface area contributed by atoms with Gasteiger partial charge in [0.1, 0.15) is 0 Å². The number of amides is 1. The first-order valence-electron chi connectivity index (χ1n) is 7.18. The Morgan fingerprint density at radius 3 is 2.35 bits per heavy atom. The Labute approximate surface area is 104 Å². The maximum absolute atomic E-state index is 11.9. The molecule has 0 aromatic carbocycles. The Kier molecular flexibility index (Phi) is 2.69. The monoisotopic (exact) mass is 236 g/mol. The van der Waals surface area contributed by atoms with Crippen LogP contribution < -0.4 is 11.1 Å². The Bertz CT molecular complexity index is 312. The van der Waals surface area contributed by atoms with Crippen molar-refractivity contribution in [2.45, 2.75) is 63.3 Å². The summed E-state index contributed by atoms with van der Waals surface area (Å²) < 4.78 is 0. The van der Waals surface area contributed by atoms with Gasteiger partial charge in [-0.3, -0.25) is 4.79 Å². The molecule has 3 aliphatic rings. The Balaban J connectivity index is 1.44. The van der Waals surface area contributed by atoms with Crippen molar-refractivity contribution in [3.63, 3.8) is 0 Å². The van der Waals surface area contributed by atoms with Crippen LogP contribution in [0.5, 0.6) is 0 Å². The molecule has 3 fully saturated rings. The molecule has 0 spiro atoms. The van der Waals surface area contributed by atoms with E-state index in [0.717, 1.165) is 25.3 Å². The standard InChI is InChI=1S/C14H24N2O/c15-14(5-1-2-6-14)9-12(17)16-10-13(7-8-13)11-3-4-11/h11H,1-10,15H2,(H,16,17). The van der Waals surface area contributed by atoms with Crippen molar-refractivity contribution < 1.29 is 4.79 Å². The van der Waals surface area contributed by atoms with E-state index in [9.17, 15) is 4.79 Å². The zero-order valence-electron chi connectivity index (χ0n) is 10.6. The van der Waals surface area contributed by atoms with Gasteiger partial charge in [0.2, 0.25) is 5.91 Å². The van der Waals surface area contributed by atoms with Crippen LogP contribution >= 0.6 is 0 Å². The quantitative estimate of drug-likeness (QED) is 0.766. The summed E-state index contributed by atoms with van der Waals surface area (Å²) in [4.78, 5) is 11.9. The molecule has 3 aliphatic carbocycles. The third kappa shape index (κ3) is 2.49. The highest BCUT2D eigenvalue weighted by Gasteiger charge is 2.53. The second kappa shape index (κ2) is 3.98. The van der Waals surface area contributed by atoms with Gasteiger partial charge in [-0.15, -0.1) is 0 Å². The van der Waals surface area contributed by atoms with Gasteiger partial charge < -0.3 is 11.1 Å². The average Bonchev–Trinajstić information content (AvgIpc) is 3.16. The van der Waals surface area contributed by atoms with E-state index in [1.807, 2.05) is 0 Å². The molecule has 3 nitrogen and oxygen atoms in total. The van der Waals surface area contributed by atoms with Gasteiger partial charge in [0.15, 0.2) is 0 Å². The molecule has 0 aliphatic heterocycles. The molecule has 3 heteroatoms.